The van der Waals surface area contributed by atoms with Gasteiger partial charge in [-0.3, -0.25) is 5.32 Å². The van der Waals surface area contributed by atoms with E-state index in [1.807, 2.05) is 30.3 Å². The van der Waals surface area contributed by atoms with Gasteiger partial charge in [-0.1, -0.05) is 30.3 Å². The number of rotatable bonds is 5. The molecule has 15 heavy (non-hydrogen) atoms. The fraction of sp³-hybridized carbons (Fsp3) is 0.364. The molecule has 1 atom stereocenters. The van der Waals surface area contributed by atoms with Gasteiger partial charge in [0.15, 0.2) is 0 Å². The van der Waals surface area contributed by atoms with Gasteiger partial charge < -0.3 is 10.5 Å². The first-order chi connectivity index (χ1) is 7.29. The fourth-order valence-corrected chi connectivity index (χ4v) is 1.33. The maximum absolute atomic E-state index is 11.5. The highest BCUT2D eigenvalue weighted by Crippen LogP contribution is 2.13. The second-order valence-electron chi connectivity index (χ2n) is 3.11. The Morgan fingerprint density at radius 2 is 2.13 bits per heavy atom. The summed E-state index contributed by atoms with van der Waals surface area (Å²) in [6.07, 6.45) is 0. The Morgan fingerprint density at radius 3 is 2.67 bits per heavy atom. The van der Waals surface area contributed by atoms with Gasteiger partial charge in [0.25, 0.3) is 0 Å². The standard InChI is InChI=1S/C11H16N2O2/c1-15-11(14)10(13-8-7-12)9-5-3-2-4-6-9/h2-6,10,13H,7-8,12H2,1H3. The first kappa shape index (κ1) is 11.7. The van der Waals surface area contributed by atoms with E-state index in [0.717, 1.165) is 5.56 Å². The minimum atomic E-state index is -0.431. The first-order valence-corrected chi connectivity index (χ1v) is 4.86. The van der Waals surface area contributed by atoms with Crippen molar-refractivity contribution in [2.75, 3.05) is 20.2 Å². The normalized spacial score (nSPS) is 12.1. The number of ether oxygens (including phenoxy) is 1. The van der Waals surface area contributed by atoms with E-state index in [4.69, 9.17) is 10.5 Å². The Balaban J connectivity index is 2.76. The molecule has 0 aromatic heterocycles. The third-order valence-electron chi connectivity index (χ3n) is 2.06. The first-order valence-electron chi connectivity index (χ1n) is 4.86. The number of benzene rings is 1. The lowest BCUT2D eigenvalue weighted by Gasteiger charge is -2.16. The summed E-state index contributed by atoms with van der Waals surface area (Å²) in [5.74, 6) is -0.297. The number of hydrogen-bond acceptors (Lipinski definition) is 4. The van der Waals surface area contributed by atoms with E-state index in [9.17, 15) is 4.79 Å². The average Bonchev–Trinajstić information content (AvgIpc) is 2.30. The van der Waals surface area contributed by atoms with Crippen LogP contribution < -0.4 is 11.1 Å². The molecule has 1 aromatic rings. The smallest absolute Gasteiger partial charge is 0.327 e. The molecule has 1 aromatic carbocycles. The average molecular weight is 208 g/mol. The molecule has 0 aliphatic rings. The number of carbonyl (C=O) groups is 1. The molecule has 4 heteroatoms. The minimum absolute atomic E-state index is 0.297. The Kier molecular flexibility index (Phi) is 4.80. The summed E-state index contributed by atoms with van der Waals surface area (Å²) in [4.78, 5) is 11.5. The van der Waals surface area contributed by atoms with Gasteiger partial charge in [0.1, 0.15) is 6.04 Å². The molecule has 0 aliphatic heterocycles. The van der Waals surface area contributed by atoms with Crippen molar-refractivity contribution in [3.05, 3.63) is 35.9 Å². The lowest BCUT2D eigenvalue weighted by atomic mass is 10.1. The number of carbonyl (C=O) groups excluding carboxylic acids is 1. The van der Waals surface area contributed by atoms with Crippen LogP contribution in [0.4, 0.5) is 0 Å². The molecule has 1 rings (SSSR count). The summed E-state index contributed by atoms with van der Waals surface area (Å²) in [7, 11) is 1.38. The van der Waals surface area contributed by atoms with Gasteiger partial charge >= 0.3 is 5.97 Å². The summed E-state index contributed by atoms with van der Waals surface area (Å²) < 4.78 is 4.72. The van der Waals surface area contributed by atoms with Gasteiger partial charge in [-0.05, 0) is 5.56 Å². The van der Waals surface area contributed by atoms with Crippen LogP contribution in [-0.2, 0) is 9.53 Å². The third-order valence-corrected chi connectivity index (χ3v) is 2.06. The molecule has 0 saturated heterocycles. The predicted molar refractivity (Wildman–Crippen MR) is 58.3 cm³/mol. The van der Waals surface area contributed by atoms with Crippen LogP contribution in [0.5, 0.6) is 0 Å². The largest absolute Gasteiger partial charge is 0.468 e. The zero-order chi connectivity index (χ0) is 11.1. The summed E-state index contributed by atoms with van der Waals surface area (Å²) in [6, 6.07) is 9.00. The predicted octanol–water partition coefficient (Wildman–Crippen LogP) is 0.449. The Morgan fingerprint density at radius 1 is 1.47 bits per heavy atom. The molecule has 0 saturated carbocycles. The van der Waals surface area contributed by atoms with E-state index in [-0.39, 0.29) is 5.97 Å². The molecule has 4 nitrogen and oxygen atoms in total. The van der Waals surface area contributed by atoms with Gasteiger partial charge in [-0.2, -0.15) is 0 Å². The van der Waals surface area contributed by atoms with Gasteiger partial charge in [-0.25, -0.2) is 4.79 Å². The van der Waals surface area contributed by atoms with Crippen LogP contribution in [0.15, 0.2) is 30.3 Å². The summed E-state index contributed by atoms with van der Waals surface area (Å²) in [5, 5.41) is 3.04. The van der Waals surface area contributed by atoms with Gasteiger partial charge in [0, 0.05) is 13.1 Å². The van der Waals surface area contributed by atoms with Crippen LogP contribution in [0, 0.1) is 0 Å². The van der Waals surface area contributed by atoms with E-state index in [1.54, 1.807) is 0 Å². The molecule has 0 aliphatic carbocycles. The molecule has 82 valence electrons. The van der Waals surface area contributed by atoms with Crippen LogP contribution in [0.3, 0.4) is 0 Å². The Hall–Kier alpha value is -1.39. The zero-order valence-corrected chi connectivity index (χ0v) is 8.77. The van der Waals surface area contributed by atoms with Crippen LogP contribution >= 0.6 is 0 Å². The molecular formula is C11H16N2O2. The number of nitrogens with two attached hydrogens (primary N) is 1. The molecule has 0 bridgehead atoms. The van der Waals surface area contributed by atoms with Crippen molar-refractivity contribution in [1.82, 2.24) is 5.32 Å². The molecule has 1 unspecified atom stereocenters. The summed E-state index contributed by atoms with van der Waals surface area (Å²) in [6.45, 7) is 1.06. The third kappa shape index (κ3) is 3.34. The van der Waals surface area contributed by atoms with Gasteiger partial charge in [0.05, 0.1) is 7.11 Å². The van der Waals surface area contributed by atoms with Gasteiger partial charge in [-0.15, -0.1) is 0 Å². The monoisotopic (exact) mass is 208 g/mol. The Bertz CT molecular complexity index is 301. The molecule has 0 amide bonds. The lowest BCUT2D eigenvalue weighted by molar-refractivity contribution is -0.143. The fourth-order valence-electron chi connectivity index (χ4n) is 1.33. The summed E-state index contributed by atoms with van der Waals surface area (Å²) in [5.41, 5.74) is 6.27. The van der Waals surface area contributed by atoms with E-state index in [1.165, 1.54) is 7.11 Å². The van der Waals surface area contributed by atoms with Crippen LogP contribution in [0.25, 0.3) is 0 Å². The highest BCUT2D eigenvalue weighted by molar-refractivity contribution is 5.77. The SMILES string of the molecule is COC(=O)C(NCCN)c1ccccc1. The van der Waals surface area contributed by atoms with Crippen molar-refractivity contribution in [2.24, 2.45) is 5.73 Å². The maximum Gasteiger partial charge on any atom is 0.327 e. The molecule has 0 heterocycles. The topological polar surface area (TPSA) is 64.3 Å². The second kappa shape index (κ2) is 6.16. The van der Waals surface area contributed by atoms with E-state index >= 15 is 0 Å². The molecular weight excluding hydrogens is 192 g/mol. The van der Waals surface area contributed by atoms with Crippen LogP contribution in [0.1, 0.15) is 11.6 Å². The number of nitrogens with one attached hydrogen (secondary N) is 1. The Labute approximate surface area is 89.4 Å². The van der Waals surface area contributed by atoms with E-state index in [0.29, 0.717) is 13.1 Å². The van der Waals surface area contributed by atoms with E-state index in [2.05, 4.69) is 5.32 Å². The van der Waals surface area contributed by atoms with Crippen molar-refractivity contribution in [3.8, 4) is 0 Å². The van der Waals surface area contributed by atoms with Crippen molar-refractivity contribution in [2.45, 2.75) is 6.04 Å². The number of hydrogen-bond donors (Lipinski definition) is 2. The van der Waals surface area contributed by atoms with Crippen molar-refractivity contribution >= 4 is 5.97 Å². The summed E-state index contributed by atoms with van der Waals surface area (Å²) >= 11 is 0. The molecule has 0 radical (unpaired) electrons. The highest BCUT2D eigenvalue weighted by Gasteiger charge is 2.19. The number of methoxy groups -OCH3 is 1. The van der Waals surface area contributed by atoms with Crippen molar-refractivity contribution < 1.29 is 9.53 Å². The van der Waals surface area contributed by atoms with Crippen molar-refractivity contribution in [1.29, 1.82) is 0 Å². The van der Waals surface area contributed by atoms with Crippen LogP contribution in [0.2, 0.25) is 0 Å². The maximum atomic E-state index is 11.5. The molecule has 0 fully saturated rings. The van der Waals surface area contributed by atoms with Crippen molar-refractivity contribution in [3.63, 3.8) is 0 Å². The lowest BCUT2D eigenvalue weighted by Crippen LogP contribution is -2.33. The van der Waals surface area contributed by atoms with Gasteiger partial charge in [0.2, 0.25) is 0 Å². The highest BCUT2D eigenvalue weighted by atomic mass is 16.5. The quantitative estimate of drug-likeness (QED) is 0.689. The second-order valence-corrected chi connectivity index (χ2v) is 3.11. The zero-order valence-electron chi connectivity index (χ0n) is 8.77. The van der Waals surface area contributed by atoms with E-state index < -0.39 is 6.04 Å². The molecule has 3 N–H and O–H groups in total. The minimum Gasteiger partial charge on any atom is -0.468 e. The number of esters is 1. The molecule has 0 spiro atoms. The van der Waals surface area contributed by atoms with Crippen LogP contribution in [-0.4, -0.2) is 26.2 Å².